The van der Waals surface area contributed by atoms with Crippen LogP contribution in [-0.2, 0) is 6.42 Å². The van der Waals surface area contributed by atoms with Crippen molar-refractivity contribution >= 4 is 0 Å². The monoisotopic (exact) mass is 206 g/mol. The molecule has 1 atom stereocenters. The van der Waals surface area contributed by atoms with Gasteiger partial charge in [0.2, 0.25) is 0 Å². The van der Waals surface area contributed by atoms with Gasteiger partial charge < -0.3 is 5.32 Å². The van der Waals surface area contributed by atoms with Crippen molar-refractivity contribution in [3.8, 4) is 0 Å². The highest BCUT2D eigenvalue weighted by molar-refractivity contribution is 5.23. The van der Waals surface area contributed by atoms with E-state index < -0.39 is 0 Å². The molecule has 2 aliphatic rings. The molecule has 2 N–H and O–H groups in total. The van der Waals surface area contributed by atoms with Crippen LogP contribution in [0.25, 0.3) is 0 Å². The minimum absolute atomic E-state index is 0.620. The lowest BCUT2D eigenvalue weighted by molar-refractivity contribution is 0.158. The largest absolute Gasteiger partial charge is 0.314 e. The molecule has 4 heteroatoms. The van der Waals surface area contributed by atoms with E-state index in [0.717, 1.165) is 13.1 Å². The quantitative estimate of drug-likeness (QED) is 0.710. The Balaban J connectivity index is 1.82. The second-order valence-corrected chi connectivity index (χ2v) is 4.50. The summed E-state index contributed by atoms with van der Waals surface area (Å²) in [6.07, 6.45) is 5.80. The Kier molecular flexibility index (Phi) is 2.46. The summed E-state index contributed by atoms with van der Waals surface area (Å²) in [5, 5.41) is 10.7. The van der Waals surface area contributed by atoms with Gasteiger partial charge in [0, 0.05) is 43.5 Å². The van der Waals surface area contributed by atoms with Crippen LogP contribution in [0.4, 0.5) is 0 Å². The average molecular weight is 206 g/mol. The Bertz CT molecular complexity index is 327. The Hall–Kier alpha value is -0.870. The van der Waals surface area contributed by atoms with Crippen LogP contribution in [-0.4, -0.2) is 41.3 Å². The van der Waals surface area contributed by atoms with E-state index in [1.54, 1.807) is 0 Å². The summed E-state index contributed by atoms with van der Waals surface area (Å²) < 4.78 is 0. The first-order valence-corrected chi connectivity index (χ1v) is 5.92. The van der Waals surface area contributed by atoms with Gasteiger partial charge in [0.05, 0.1) is 6.20 Å². The molecule has 0 radical (unpaired) electrons. The van der Waals surface area contributed by atoms with Gasteiger partial charge in [-0.25, -0.2) is 0 Å². The molecular weight excluding hydrogens is 188 g/mol. The van der Waals surface area contributed by atoms with E-state index in [0.29, 0.717) is 6.04 Å². The molecule has 82 valence electrons. The molecule has 1 aromatic rings. The molecule has 0 amide bonds. The van der Waals surface area contributed by atoms with Crippen LogP contribution in [0.3, 0.4) is 0 Å². The van der Waals surface area contributed by atoms with Crippen LogP contribution in [0.2, 0.25) is 0 Å². The summed E-state index contributed by atoms with van der Waals surface area (Å²) in [6, 6.07) is 0.620. The van der Waals surface area contributed by atoms with Crippen molar-refractivity contribution in [3.05, 3.63) is 17.5 Å². The Morgan fingerprint density at radius 1 is 1.33 bits per heavy atom. The number of aromatic nitrogens is 2. The highest BCUT2D eigenvalue weighted by Crippen LogP contribution is 2.32. The van der Waals surface area contributed by atoms with Crippen LogP contribution >= 0.6 is 0 Å². The van der Waals surface area contributed by atoms with Gasteiger partial charge in [-0.05, 0) is 19.3 Å². The smallest absolute Gasteiger partial charge is 0.0538 e. The summed E-state index contributed by atoms with van der Waals surface area (Å²) in [7, 11) is 0. The molecule has 0 aromatic carbocycles. The maximum atomic E-state index is 4.18. The van der Waals surface area contributed by atoms with Gasteiger partial charge in [0.15, 0.2) is 0 Å². The van der Waals surface area contributed by atoms with Gasteiger partial charge in [-0.15, -0.1) is 0 Å². The van der Waals surface area contributed by atoms with Gasteiger partial charge in [-0.3, -0.25) is 10.00 Å². The molecule has 1 fully saturated rings. The van der Waals surface area contributed by atoms with Gasteiger partial charge in [0.25, 0.3) is 0 Å². The number of nitrogens with zero attached hydrogens (tertiary/aromatic N) is 2. The van der Waals surface area contributed by atoms with Crippen LogP contribution in [0.1, 0.15) is 30.1 Å². The SMILES string of the molecule is c1n[nH]c2c1C(N1CCNCC1)CCC2. The minimum Gasteiger partial charge on any atom is -0.314 e. The Morgan fingerprint density at radius 3 is 3.07 bits per heavy atom. The molecule has 0 bridgehead atoms. The van der Waals surface area contributed by atoms with Crippen LogP contribution in [0.5, 0.6) is 0 Å². The third kappa shape index (κ3) is 1.68. The number of aryl methyl sites for hydroxylation is 1. The minimum atomic E-state index is 0.620. The number of piperazine rings is 1. The summed E-state index contributed by atoms with van der Waals surface area (Å²) in [4.78, 5) is 2.60. The third-order valence-electron chi connectivity index (χ3n) is 3.61. The predicted octanol–water partition coefficient (Wildman–Crippen LogP) is 0.692. The summed E-state index contributed by atoms with van der Waals surface area (Å²) in [5.41, 5.74) is 2.81. The second kappa shape index (κ2) is 3.94. The zero-order valence-electron chi connectivity index (χ0n) is 9.00. The zero-order valence-corrected chi connectivity index (χ0v) is 9.00. The van der Waals surface area contributed by atoms with Crippen LogP contribution in [0, 0.1) is 0 Å². The standard InChI is InChI=1S/C11H18N4/c1-2-10-9(8-13-14-10)11(3-1)15-6-4-12-5-7-15/h8,11-12H,1-7H2,(H,13,14). The molecule has 3 rings (SSSR count). The Labute approximate surface area is 90.0 Å². The van der Waals surface area contributed by atoms with Gasteiger partial charge in [-0.1, -0.05) is 0 Å². The van der Waals surface area contributed by atoms with Crippen molar-refractivity contribution < 1.29 is 0 Å². The zero-order chi connectivity index (χ0) is 10.1. The third-order valence-corrected chi connectivity index (χ3v) is 3.61. The van der Waals surface area contributed by atoms with Crippen molar-refractivity contribution in [2.75, 3.05) is 26.2 Å². The normalized spacial score (nSPS) is 27.6. The maximum Gasteiger partial charge on any atom is 0.0538 e. The molecule has 1 aromatic heterocycles. The van der Waals surface area contributed by atoms with Crippen molar-refractivity contribution in [2.45, 2.75) is 25.3 Å². The maximum absolute atomic E-state index is 4.18. The van der Waals surface area contributed by atoms with Crippen molar-refractivity contribution in [1.82, 2.24) is 20.4 Å². The first kappa shape index (κ1) is 9.36. The summed E-state index contributed by atoms with van der Waals surface area (Å²) >= 11 is 0. The average Bonchev–Trinajstić information content (AvgIpc) is 2.78. The predicted molar refractivity (Wildman–Crippen MR) is 58.7 cm³/mol. The van der Waals surface area contributed by atoms with E-state index in [2.05, 4.69) is 20.4 Å². The highest BCUT2D eigenvalue weighted by atomic mass is 15.2. The van der Waals surface area contributed by atoms with Crippen molar-refractivity contribution in [1.29, 1.82) is 0 Å². The van der Waals surface area contributed by atoms with Crippen LogP contribution in [0.15, 0.2) is 6.20 Å². The number of rotatable bonds is 1. The van der Waals surface area contributed by atoms with E-state index in [9.17, 15) is 0 Å². The number of nitrogens with one attached hydrogen (secondary N) is 2. The fraction of sp³-hybridized carbons (Fsp3) is 0.727. The van der Waals surface area contributed by atoms with Crippen LogP contribution < -0.4 is 5.32 Å². The molecule has 1 saturated heterocycles. The second-order valence-electron chi connectivity index (χ2n) is 4.50. The van der Waals surface area contributed by atoms with E-state index in [-0.39, 0.29) is 0 Å². The van der Waals surface area contributed by atoms with E-state index in [1.807, 2.05) is 6.20 Å². The first-order valence-electron chi connectivity index (χ1n) is 5.92. The molecule has 1 unspecified atom stereocenters. The molecule has 1 aliphatic carbocycles. The summed E-state index contributed by atoms with van der Waals surface area (Å²) in [6.45, 7) is 4.61. The number of aromatic amines is 1. The molecule has 2 heterocycles. The molecule has 4 nitrogen and oxygen atoms in total. The fourth-order valence-corrected chi connectivity index (χ4v) is 2.81. The lowest BCUT2D eigenvalue weighted by Crippen LogP contribution is -2.45. The van der Waals surface area contributed by atoms with E-state index in [1.165, 1.54) is 43.6 Å². The Morgan fingerprint density at radius 2 is 2.20 bits per heavy atom. The molecule has 0 saturated carbocycles. The summed E-state index contributed by atoms with van der Waals surface area (Å²) in [5.74, 6) is 0. The van der Waals surface area contributed by atoms with Crippen molar-refractivity contribution in [3.63, 3.8) is 0 Å². The topological polar surface area (TPSA) is 44.0 Å². The number of fused-ring (bicyclic) bond motifs is 1. The van der Waals surface area contributed by atoms with Gasteiger partial charge in [0.1, 0.15) is 0 Å². The first-order chi connectivity index (χ1) is 7.45. The molecule has 15 heavy (non-hydrogen) atoms. The molecular formula is C11H18N4. The lowest BCUT2D eigenvalue weighted by Gasteiger charge is -2.36. The van der Waals surface area contributed by atoms with E-state index in [4.69, 9.17) is 0 Å². The fourth-order valence-electron chi connectivity index (χ4n) is 2.81. The van der Waals surface area contributed by atoms with Crippen molar-refractivity contribution in [2.24, 2.45) is 0 Å². The number of hydrogen-bond donors (Lipinski definition) is 2. The number of H-pyrrole nitrogens is 1. The van der Waals surface area contributed by atoms with Gasteiger partial charge >= 0.3 is 0 Å². The van der Waals surface area contributed by atoms with E-state index >= 15 is 0 Å². The number of hydrogen-bond acceptors (Lipinski definition) is 3. The molecule has 1 aliphatic heterocycles. The molecule has 0 spiro atoms. The lowest BCUT2D eigenvalue weighted by atomic mass is 9.91. The highest BCUT2D eigenvalue weighted by Gasteiger charge is 2.27. The van der Waals surface area contributed by atoms with Gasteiger partial charge in [-0.2, -0.15) is 5.10 Å².